The molecule has 86 valence electrons. The minimum atomic E-state index is 0.549. The third kappa shape index (κ3) is 2.93. The number of pyridine rings is 1. The summed E-state index contributed by atoms with van der Waals surface area (Å²) in [5, 5.41) is 3.23. The maximum Gasteiger partial charge on any atom is 0.206 e. The van der Waals surface area contributed by atoms with E-state index in [0.717, 1.165) is 5.56 Å². The number of nitrogens with one attached hydrogen (secondary N) is 2. The molecule has 1 saturated carbocycles. The van der Waals surface area contributed by atoms with Crippen molar-refractivity contribution in [1.82, 2.24) is 15.7 Å². The smallest absolute Gasteiger partial charge is 0.206 e. The second kappa shape index (κ2) is 4.94. The van der Waals surface area contributed by atoms with Crippen LogP contribution >= 0.6 is 0 Å². The highest BCUT2D eigenvalue weighted by Crippen LogP contribution is 2.18. The number of hydrazine groups is 1. The van der Waals surface area contributed by atoms with Gasteiger partial charge in [-0.05, 0) is 37.0 Å². The molecule has 0 amide bonds. The first-order valence-electron chi connectivity index (χ1n) is 5.46. The average molecular weight is 219 g/mol. The first-order chi connectivity index (χ1) is 7.79. The van der Waals surface area contributed by atoms with Gasteiger partial charge in [0.25, 0.3) is 0 Å². The molecular weight excluding hydrogens is 202 g/mol. The van der Waals surface area contributed by atoms with Crippen molar-refractivity contribution in [3.05, 3.63) is 29.6 Å². The lowest BCUT2D eigenvalue weighted by molar-refractivity contribution is 0.820. The van der Waals surface area contributed by atoms with E-state index in [9.17, 15) is 0 Å². The van der Waals surface area contributed by atoms with Gasteiger partial charge in [-0.25, -0.2) is 10.8 Å². The van der Waals surface area contributed by atoms with Crippen molar-refractivity contribution < 1.29 is 0 Å². The van der Waals surface area contributed by atoms with Gasteiger partial charge in [0.05, 0.1) is 6.54 Å². The Morgan fingerprint density at radius 3 is 3.06 bits per heavy atom. The van der Waals surface area contributed by atoms with Crippen LogP contribution < -0.4 is 16.6 Å². The molecule has 0 bridgehead atoms. The molecule has 1 aliphatic rings. The fraction of sp³-hybridized carbons (Fsp3) is 0.455. The van der Waals surface area contributed by atoms with Gasteiger partial charge in [-0.2, -0.15) is 0 Å². The number of aryl methyl sites for hydroxylation is 1. The summed E-state index contributed by atoms with van der Waals surface area (Å²) in [7, 11) is 0. The number of rotatable bonds is 3. The van der Waals surface area contributed by atoms with E-state index in [0.29, 0.717) is 18.5 Å². The van der Waals surface area contributed by atoms with Crippen LogP contribution in [0.2, 0.25) is 0 Å². The number of aliphatic imine (C=N–C) groups is 1. The average Bonchev–Trinajstić information content (AvgIpc) is 3.10. The Hall–Kier alpha value is -1.62. The van der Waals surface area contributed by atoms with Crippen molar-refractivity contribution >= 4 is 5.96 Å². The third-order valence-electron chi connectivity index (χ3n) is 2.60. The monoisotopic (exact) mass is 219 g/mol. The number of aromatic nitrogens is 1. The molecular formula is C11H17N5. The molecule has 16 heavy (non-hydrogen) atoms. The van der Waals surface area contributed by atoms with E-state index in [1.165, 1.54) is 18.4 Å². The highest BCUT2D eigenvalue weighted by molar-refractivity contribution is 5.79. The molecule has 0 atom stereocenters. The quantitative estimate of drug-likeness (QED) is 0.299. The molecule has 1 fully saturated rings. The molecule has 0 aliphatic heterocycles. The molecule has 0 radical (unpaired) electrons. The Labute approximate surface area is 95.1 Å². The predicted octanol–water partition coefficient (Wildman–Crippen LogP) is 0.461. The summed E-state index contributed by atoms with van der Waals surface area (Å²) >= 11 is 0. The number of guanidine groups is 1. The van der Waals surface area contributed by atoms with E-state index >= 15 is 0 Å². The topological polar surface area (TPSA) is 75.3 Å². The van der Waals surface area contributed by atoms with Crippen molar-refractivity contribution in [3.8, 4) is 0 Å². The standard InChI is InChI=1S/C11H17N5/c1-8-6-13-5-4-9(8)7-14-11(16-12)15-10-2-3-10/h4-6,10H,2-3,7,12H2,1H3,(H2,14,15,16). The normalized spacial score (nSPS) is 16.0. The zero-order chi connectivity index (χ0) is 11.4. The highest BCUT2D eigenvalue weighted by Gasteiger charge is 2.21. The summed E-state index contributed by atoms with van der Waals surface area (Å²) in [6, 6.07) is 2.53. The van der Waals surface area contributed by atoms with Crippen molar-refractivity contribution in [2.24, 2.45) is 10.8 Å². The van der Waals surface area contributed by atoms with Crippen molar-refractivity contribution in [1.29, 1.82) is 0 Å². The van der Waals surface area contributed by atoms with Crippen LogP contribution in [0.5, 0.6) is 0 Å². The first-order valence-corrected chi connectivity index (χ1v) is 5.46. The second-order valence-corrected chi connectivity index (χ2v) is 4.03. The van der Waals surface area contributed by atoms with Gasteiger partial charge >= 0.3 is 0 Å². The molecule has 5 heteroatoms. The zero-order valence-corrected chi connectivity index (χ0v) is 9.40. The molecule has 5 nitrogen and oxygen atoms in total. The van der Waals surface area contributed by atoms with Gasteiger partial charge in [-0.15, -0.1) is 0 Å². The van der Waals surface area contributed by atoms with Gasteiger partial charge in [-0.1, -0.05) is 0 Å². The summed E-state index contributed by atoms with van der Waals surface area (Å²) in [4.78, 5) is 8.44. The van der Waals surface area contributed by atoms with Crippen LogP contribution in [0.15, 0.2) is 23.5 Å². The second-order valence-electron chi connectivity index (χ2n) is 4.03. The lowest BCUT2D eigenvalue weighted by Crippen LogP contribution is -2.42. The van der Waals surface area contributed by atoms with E-state index in [-0.39, 0.29) is 0 Å². The van der Waals surface area contributed by atoms with E-state index in [1.54, 1.807) is 6.20 Å². The maximum atomic E-state index is 5.40. The summed E-state index contributed by atoms with van der Waals surface area (Å²) in [5.74, 6) is 6.06. The summed E-state index contributed by atoms with van der Waals surface area (Å²) < 4.78 is 0. The van der Waals surface area contributed by atoms with Crippen LogP contribution in [0.1, 0.15) is 24.0 Å². The minimum absolute atomic E-state index is 0.549. The zero-order valence-electron chi connectivity index (χ0n) is 9.40. The van der Waals surface area contributed by atoms with E-state index < -0.39 is 0 Å². The van der Waals surface area contributed by atoms with Crippen LogP contribution in [0.3, 0.4) is 0 Å². The predicted molar refractivity (Wildman–Crippen MR) is 63.6 cm³/mol. The van der Waals surface area contributed by atoms with Crippen LogP contribution in [0.4, 0.5) is 0 Å². The highest BCUT2D eigenvalue weighted by atomic mass is 15.3. The Morgan fingerprint density at radius 1 is 1.62 bits per heavy atom. The van der Waals surface area contributed by atoms with E-state index in [2.05, 4.69) is 20.7 Å². The number of hydrogen-bond acceptors (Lipinski definition) is 3. The van der Waals surface area contributed by atoms with Gasteiger partial charge in [0.1, 0.15) is 0 Å². The largest absolute Gasteiger partial charge is 0.353 e. The summed E-state index contributed by atoms with van der Waals surface area (Å²) in [5.41, 5.74) is 4.90. The lowest BCUT2D eigenvalue weighted by Gasteiger charge is -2.08. The van der Waals surface area contributed by atoms with E-state index in [4.69, 9.17) is 5.84 Å². The Kier molecular flexibility index (Phi) is 3.36. The molecule has 1 aromatic heterocycles. The van der Waals surface area contributed by atoms with E-state index in [1.807, 2.05) is 19.2 Å². The summed E-state index contributed by atoms with van der Waals surface area (Å²) in [6.45, 7) is 2.65. The van der Waals surface area contributed by atoms with Gasteiger partial charge in [0, 0.05) is 18.4 Å². The molecule has 0 unspecified atom stereocenters. The van der Waals surface area contributed by atoms with Gasteiger partial charge < -0.3 is 5.32 Å². The number of nitrogens with zero attached hydrogens (tertiary/aromatic N) is 2. The van der Waals surface area contributed by atoms with Crippen LogP contribution in [-0.4, -0.2) is 17.0 Å². The number of nitrogens with two attached hydrogens (primary N) is 1. The van der Waals surface area contributed by atoms with Crippen LogP contribution in [0, 0.1) is 6.92 Å². The van der Waals surface area contributed by atoms with Crippen molar-refractivity contribution in [2.75, 3.05) is 0 Å². The molecule has 0 saturated heterocycles. The SMILES string of the molecule is Cc1cnccc1CN=C(NN)NC1CC1. The third-order valence-corrected chi connectivity index (χ3v) is 2.60. The Morgan fingerprint density at radius 2 is 2.44 bits per heavy atom. The van der Waals surface area contributed by atoms with Gasteiger partial charge in [0.2, 0.25) is 5.96 Å². The maximum absolute atomic E-state index is 5.40. The van der Waals surface area contributed by atoms with Gasteiger partial charge in [-0.3, -0.25) is 10.4 Å². The van der Waals surface area contributed by atoms with Crippen molar-refractivity contribution in [2.45, 2.75) is 32.4 Å². The lowest BCUT2D eigenvalue weighted by atomic mass is 10.2. The molecule has 1 aliphatic carbocycles. The Balaban J connectivity index is 1.97. The molecule has 1 aromatic rings. The molecule has 2 rings (SSSR count). The molecule has 0 spiro atoms. The summed E-state index contributed by atoms with van der Waals surface area (Å²) in [6.07, 6.45) is 6.03. The molecule has 4 N–H and O–H groups in total. The Bertz CT molecular complexity index is 384. The first kappa shape index (κ1) is 10.9. The van der Waals surface area contributed by atoms with Crippen LogP contribution in [0.25, 0.3) is 0 Å². The van der Waals surface area contributed by atoms with Crippen molar-refractivity contribution in [3.63, 3.8) is 0 Å². The fourth-order valence-corrected chi connectivity index (χ4v) is 1.40. The molecule has 0 aromatic carbocycles. The van der Waals surface area contributed by atoms with Gasteiger partial charge in [0.15, 0.2) is 0 Å². The number of hydrogen-bond donors (Lipinski definition) is 3. The minimum Gasteiger partial charge on any atom is -0.353 e. The fourth-order valence-electron chi connectivity index (χ4n) is 1.40. The molecule has 1 heterocycles. The van der Waals surface area contributed by atoms with Crippen LogP contribution in [-0.2, 0) is 6.54 Å².